The molecule has 0 bridgehead atoms. The molecule has 0 fully saturated rings. The Hall–Kier alpha value is -2.56. The highest BCUT2D eigenvalue weighted by atomic mass is 16.4. The first kappa shape index (κ1) is 16.8. The molecule has 1 amide bonds. The van der Waals surface area contributed by atoms with Crippen LogP contribution in [0, 0.1) is 0 Å². The van der Waals surface area contributed by atoms with Crippen LogP contribution in [-0.2, 0) is 16.8 Å². The fourth-order valence-corrected chi connectivity index (χ4v) is 2.32. The molecule has 0 unspecified atom stereocenters. The van der Waals surface area contributed by atoms with Crippen molar-refractivity contribution in [1.29, 1.82) is 0 Å². The van der Waals surface area contributed by atoms with Crippen molar-refractivity contribution in [2.45, 2.75) is 38.6 Å². The zero-order valence-corrected chi connectivity index (χ0v) is 13.3. The second-order valence-electron chi connectivity index (χ2n) is 6.10. The zero-order valence-electron chi connectivity index (χ0n) is 13.3. The Morgan fingerprint density at radius 3 is 2.43 bits per heavy atom. The van der Waals surface area contributed by atoms with Crippen LogP contribution in [0.1, 0.15) is 48.6 Å². The van der Waals surface area contributed by atoms with Crippen molar-refractivity contribution in [3.63, 3.8) is 0 Å². The van der Waals surface area contributed by atoms with E-state index in [9.17, 15) is 9.59 Å². The number of amides is 1. The van der Waals surface area contributed by atoms with E-state index in [1.165, 1.54) is 11.6 Å². The van der Waals surface area contributed by atoms with Crippen LogP contribution in [0.3, 0.4) is 0 Å². The van der Waals surface area contributed by atoms with Gasteiger partial charge in [-0.2, -0.15) is 0 Å². The number of carboxylic acids is 1. The average Bonchev–Trinajstić information content (AvgIpc) is 3.01. The highest BCUT2D eigenvalue weighted by Crippen LogP contribution is 2.27. The minimum absolute atomic E-state index is 0.0812. The number of carbonyl (C=O) groups is 2. The second-order valence-corrected chi connectivity index (χ2v) is 6.10. The van der Waals surface area contributed by atoms with Crippen molar-refractivity contribution in [2.24, 2.45) is 0 Å². The standard InChI is InChI=1S/C18H21NO4/c1-18(2,13-6-4-3-5-7-13)11-10-16(20)19-12-14-8-9-15(23-14)17(21)22/h3-9H,10-12H2,1-2H3,(H,19,20)(H,21,22). The third kappa shape index (κ3) is 4.71. The molecule has 23 heavy (non-hydrogen) atoms. The fourth-order valence-electron chi connectivity index (χ4n) is 2.32. The van der Waals surface area contributed by atoms with Crippen molar-refractivity contribution in [3.8, 4) is 0 Å². The van der Waals surface area contributed by atoms with Crippen LogP contribution in [0.25, 0.3) is 0 Å². The van der Waals surface area contributed by atoms with Crippen LogP contribution in [0.4, 0.5) is 0 Å². The molecule has 0 radical (unpaired) electrons. The SMILES string of the molecule is CC(C)(CCC(=O)NCc1ccc(C(=O)O)o1)c1ccccc1. The quantitative estimate of drug-likeness (QED) is 0.821. The van der Waals surface area contributed by atoms with Gasteiger partial charge in [-0.05, 0) is 29.5 Å². The van der Waals surface area contributed by atoms with Gasteiger partial charge >= 0.3 is 5.97 Å². The van der Waals surface area contributed by atoms with E-state index in [2.05, 4.69) is 31.3 Å². The summed E-state index contributed by atoms with van der Waals surface area (Å²) in [5, 5.41) is 11.5. The molecule has 0 aliphatic rings. The predicted octanol–water partition coefficient (Wildman–Crippen LogP) is 3.35. The van der Waals surface area contributed by atoms with Crippen LogP contribution < -0.4 is 5.32 Å². The first-order valence-electron chi connectivity index (χ1n) is 7.53. The number of carbonyl (C=O) groups excluding carboxylic acids is 1. The lowest BCUT2D eigenvalue weighted by Gasteiger charge is -2.25. The summed E-state index contributed by atoms with van der Waals surface area (Å²) in [5.41, 5.74) is 1.12. The Morgan fingerprint density at radius 1 is 1.13 bits per heavy atom. The van der Waals surface area contributed by atoms with Crippen molar-refractivity contribution in [2.75, 3.05) is 0 Å². The molecule has 1 aromatic heterocycles. The molecule has 0 saturated carbocycles. The number of carboxylic acid groups (broad SMARTS) is 1. The number of rotatable bonds is 7. The number of hydrogen-bond donors (Lipinski definition) is 2. The lowest BCUT2D eigenvalue weighted by molar-refractivity contribution is -0.121. The van der Waals surface area contributed by atoms with Gasteiger partial charge in [-0.25, -0.2) is 4.79 Å². The van der Waals surface area contributed by atoms with Crippen LogP contribution >= 0.6 is 0 Å². The molecule has 0 saturated heterocycles. The summed E-state index contributed by atoms with van der Waals surface area (Å²) in [4.78, 5) is 22.7. The zero-order chi connectivity index (χ0) is 16.9. The van der Waals surface area contributed by atoms with E-state index in [0.717, 1.165) is 6.42 Å². The molecule has 122 valence electrons. The van der Waals surface area contributed by atoms with Gasteiger partial charge in [0.05, 0.1) is 6.54 Å². The molecule has 1 aromatic carbocycles. The second kappa shape index (κ2) is 7.13. The van der Waals surface area contributed by atoms with Gasteiger partial charge in [0.2, 0.25) is 11.7 Å². The minimum atomic E-state index is -1.12. The van der Waals surface area contributed by atoms with E-state index in [0.29, 0.717) is 12.2 Å². The highest BCUT2D eigenvalue weighted by Gasteiger charge is 2.21. The number of aromatic carboxylic acids is 1. The van der Waals surface area contributed by atoms with E-state index < -0.39 is 5.97 Å². The van der Waals surface area contributed by atoms with Crippen molar-refractivity contribution < 1.29 is 19.1 Å². The Morgan fingerprint density at radius 2 is 1.83 bits per heavy atom. The van der Waals surface area contributed by atoms with Gasteiger partial charge in [0.25, 0.3) is 0 Å². The summed E-state index contributed by atoms with van der Waals surface area (Å²) < 4.78 is 5.10. The van der Waals surface area contributed by atoms with Crippen LogP contribution in [0.5, 0.6) is 0 Å². The topological polar surface area (TPSA) is 79.5 Å². The van der Waals surface area contributed by atoms with Crippen molar-refractivity contribution in [3.05, 3.63) is 59.5 Å². The largest absolute Gasteiger partial charge is 0.475 e. The Kier molecular flexibility index (Phi) is 5.21. The molecular formula is C18H21NO4. The molecule has 2 aromatic rings. The Labute approximate surface area is 135 Å². The van der Waals surface area contributed by atoms with E-state index in [4.69, 9.17) is 9.52 Å². The molecule has 2 N–H and O–H groups in total. The average molecular weight is 315 g/mol. The van der Waals surface area contributed by atoms with Crippen molar-refractivity contribution >= 4 is 11.9 Å². The molecule has 0 aliphatic carbocycles. The van der Waals surface area contributed by atoms with Gasteiger partial charge in [-0.15, -0.1) is 0 Å². The summed E-state index contributed by atoms with van der Waals surface area (Å²) in [5.74, 6) is -0.896. The predicted molar refractivity (Wildman–Crippen MR) is 86.2 cm³/mol. The van der Waals surface area contributed by atoms with E-state index in [-0.39, 0.29) is 23.6 Å². The third-order valence-corrected chi connectivity index (χ3v) is 3.86. The molecule has 2 rings (SSSR count). The maximum absolute atomic E-state index is 12.0. The molecule has 5 heteroatoms. The summed E-state index contributed by atoms with van der Waals surface area (Å²) >= 11 is 0. The Bertz CT molecular complexity index is 673. The van der Waals surface area contributed by atoms with Gasteiger partial charge in [0.15, 0.2) is 0 Å². The molecule has 0 spiro atoms. The fraction of sp³-hybridized carbons (Fsp3) is 0.333. The smallest absolute Gasteiger partial charge is 0.371 e. The van der Waals surface area contributed by atoms with E-state index in [1.807, 2.05) is 18.2 Å². The van der Waals surface area contributed by atoms with Gasteiger partial charge in [0.1, 0.15) is 5.76 Å². The third-order valence-electron chi connectivity index (χ3n) is 3.86. The molecule has 0 atom stereocenters. The van der Waals surface area contributed by atoms with Gasteiger partial charge in [-0.3, -0.25) is 4.79 Å². The summed E-state index contributed by atoms with van der Waals surface area (Å²) in [7, 11) is 0. The summed E-state index contributed by atoms with van der Waals surface area (Å²) in [6.07, 6.45) is 1.12. The monoisotopic (exact) mass is 315 g/mol. The molecule has 5 nitrogen and oxygen atoms in total. The molecular weight excluding hydrogens is 294 g/mol. The first-order chi connectivity index (χ1) is 10.9. The normalized spacial score (nSPS) is 11.2. The summed E-state index contributed by atoms with van der Waals surface area (Å²) in [6.45, 7) is 4.42. The molecule has 0 aliphatic heterocycles. The number of furan rings is 1. The van der Waals surface area contributed by atoms with Gasteiger partial charge < -0.3 is 14.8 Å². The lowest BCUT2D eigenvalue weighted by atomic mass is 9.80. The van der Waals surface area contributed by atoms with Gasteiger partial charge in [-0.1, -0.05) is 44.2 Å². The molecule has 1 heterocycles. The number of benzene rings is 1. The maximum Gasteiger partial charge on any atom is 0.371 e. The Balaban J connectivity index is 1.81. The van der Waals surface area contributed by atoms with Gasteiger partial charge in [0, 0.05) is 6.42 Å². The van der Waals surface area contributed by atoms with E-state index in [1.54, 1.807) is 6.07 Å². The summed E-state index contributed by atoms with van der Waals surface area (Å²) in [6, 6.07) is 13.0. The number of nitrogens with one attached hydrogen (secondary N) is 1. The van der Waals surface area contributed by atoms with Crippen molar-refractivity contribution in [1.82, 2.24) is 5.32 Å². The number of hydrogen-bond acceptors (Lipinski definition) is 3. The maximum atomic E-state index is 12.0. The first-order valence-corrected chi connectivity index (χ1v) is 7.53. The lowest BCUT2D eigenvalue weighted by Crippen LogP contribution is -2.26. The van der Waals surface area contributed by atoms with Crippen LogP contribution in [-0.4, -0.2) is 17.0 Å². The minimum Gasteiger partial charge on any atom is -0.475 e. The van der Waals surface area contributed by atoms with E-state index >= 15 is 0 Å². The van der Waals surface area contributed by atoms with Crippen LogP contribution in [0.15, 0.2) is 46.9 Å². The highest BCUT2D eigenvalue weighted by molar-refractivity contribution is 5.84. The van der Waals surface area contributed by atoms with Crippen LogP contribution in [0.2, 0.25) is 0 Å².